The Morgan fingerprint density at radius 3 is 2.10 bits per heavy atom. The highest BCUT2D eigenvalue weighted by Gasteiger charge is 2.54. The molecule has 0 spiro atoms. The van der Waals surface area contributed by atoms with Gasteiger partial charge in [0.05, 0.1) is 0 Å². The van der Waals surface area contributed by atoms with E-state index in [1.807, 2.05) is 12.4 Å². The van der Waals surface area contributed by atoms with E-state index in [9.17, 15) is 4.79 Å². The number of Topliss-reactive ketones (excluding diaryl/α,β-unsaturated/α-hetero) is 1. The number of nitrogens with zero attached hydrogens (tertiary/aromatic N) is 1. The van der Waals surface area contributed by atoms with Crippen LogP contribution in [0.25, 0.3) is 0 Å². The number of ketones is 1. The van der Waals surface area contributed by atoms with Crippen molar-refractivity contribution >= 4 is 5.78 Å². The van der Waals surface area contributed by atoms with Gasteiger partial charge in [-0.1, -0.05) is 0 Å². The molecule has 0 aromatic carbocycles. The van der Waals surface area contributed by atoms with E-state index < -0.39 is 0 Å². The van der Waals surface area contributed by atoms with Gasteiger partial charge in [0.1, 0.15) is 0 Å². The van der Waals surface area contributed by atoms with Gasteiger partial charge >= 0.3 is 0 Å². The number of hydrogen-bond acceptors (Lipinski definition) is 1. The lowest BCUT2D eigenvalue weighted by atomic mass is 9.48. The number of aromatic nitrogens is 1. The largest absolute Gasteiger partial charge is 0.292 e. The van der Waals surface area contributed by atoms with Crippen LogP contribution in [-0.4, -0.2) is 5.78 Å². The maximum Gasteiger partial charge on any atom is 0.207 e. The van der Waals surface area contributed by atoms with Crippen LogP contribution in [0.5, 0.6) is 0 Å². The molecule has 1 aromatic rings. The molecule has 2 heteroatoms. The van der Waals surface area contributed by atoms with Crippen LogP contribution in [0.1, 0.15) is 44.1 Å². The molecule has 5 rings (SSSR count). The van der Waals surface area contributed by atoms with Crippen LogP contribution in [0, 0.1) is 30.1 Å². The van der Waals surface area contributed by atoms with Crippen molar-refractivity contribution in [2.24, 2.45) is 23.2 Å². The molecule has 0 atom stereocenters. The standard InChI is InChI=1S/C18H24NO/c1-13-2-4-19(5-3-13)12-17(20)18-9-14-6-15(10-18)8-16(7-14)11-18/h2-5,14-16H,6-12H2,1H3/q+1. The molecule has 2 nitrogen and oxygen atoms in total. The predicted molar refractivity (Wildman–Crippen MR) is 77.0 cm³/mol. The van der Waals surface area contributed by atoms with E-state index >= 15 is 0 Å². The first-order chi connectivity index (χ1) is 9.63. The van der Waals surface area contributed by atoms with Crippen molar-refractivity contribution in [2.75, 3.05) is 0 Å². The summed E-state index contributed by atoms with van der Waals surface area (Å²) in [6.45, 7) is 2.66. The van der Waals surface area contributed by atoms with Crippen LogP contribution >= 0.6 is 0 Å². The summed E-state index contributed by atoms with van der Waals surface area (Å²) in [6, 6.07) is 4.18. The fourth-order valence-corrected chi connectivity index (χ4v) is 5.42. The molecule has 0 aliphatic heterocycles. The third-order valence-corrected chi connectivity index (χ3v) is 6.01. The van der Waals surface area contributed by atoms with Crippen molar-refractivity contribution < 1.29 is 9.36 Å². The maximum absolute atomic E-state index is 12.9. The molecule has 4 saturated carbocycles. The number of rotatable bonds is 3. The molecule has 1 heterocycles. The Hall–Kier alpha value is -1.18. The van der Waals surface area contributed by atoms with Gasteiger partial charge in [0.25, 0.3) is 0 Å². The van der Waals surface area contributed by atoms with Gasteiger partial charge in [0.2, 0.25) is 12.3 Å². The Morgan fingerprint density at radius 1 is 1.10 bits per heavy atom. The zero-order valence-corrected chi connectivity index (χ0v) is 12.3. The molecular weight excluding hydrogens is 246 g/mol. The molecule has 4 fully saturated rings. The quantitative estimate of drug-likeness (QED) is 0.773. The van der Waals surface area contributed by atoms with Gasteiger partial charge in [-0.15, -0.1) is 0 Å². The van der Waals surface area contributed by atoms with Gasteiger partial charge in [-0.05, 0) is 68.8 Å². The molecule has 4 aliphatic rings. The molecule has 0 unspecified atom stereocenters. The molecule has 0 saturated heterocycles. The first-order valence-electron chi connectivity index (χ1n) is 8.12. The fraction of sp³-hybridized carbons (Fsp3) is 0.667. The van der Waals surface area contributed by atoms with Crippen LogP contribution in [-0.2, 0) is 11.3 Å². The van der Waals surface area contributed by atoms with E-state index in [4.69, 9.17) is 0 Å². The van der Waals surface area contributed by atoms with E-state index in [1.54, 1.807) is 0 Å². The summed E-state index contributed by atoms with van der Waals surface area (Å²) >= 11 is 0. The Bertz CT molecular complexity index is 496. The minimum Gasteiger partial charge on any atom is -0.292 e. The normalized spacial score (nSPS) is 38.1. The topological polar surface area (TPSA) is 20.9 Å². The number of hydrogen-bond donors (Lipinski definition) is 0. The van der Waals surface area contributed by atoms with Gasteiger partial charge in [-0.25, -0.2) is 0 Å². The van der Waals surface area contributed by atoms with Crippen molar-refractivity contribution in [3.05, 3.63) is 30.1 Å². The molecule has 0 N–H and O–H groups in total. The second-order valence-corrected chi connectivity index (χ2v) is 7.67. The van der Waals surface area contributed by atoms with Crippen LogP contribution in [0.2, 0.25) is 0 Å². The first-order valence-corrected chi connectivity index (χ1v) is 8.12. The van der Waals surface area contributed by atoms with Crippen LogP contribution < -0.4 is 4.57 Å². The summed E-state index contributed by atoms with van der Waals surface area (Å²) in [7, 11) is 0. The highest BCUT2D eigenvalue weighted by atomic mass is 16.1. The zero-order valence-electron chi connectivity index (χ0n) is 12.3. The van der Waals surface area contributed by atoms with E-state index in [2.05, 4.69) is 23.6 Å². The van der Waals surface area contributed by atoms with E-state index in [0.717, 1.165) is 17.8 Å². The van der Waals surface area contributed by atoms with Crippen LogP contribution in [0.4, 0.5) is 0 Å². The zero-order chi connectivity index (χ0) is 13.7. The van der Waals surface area contributed by atoms with Gasteiger partial charge in [-0.3, -0.25) is 4.79 Å². The highest BCUT2D eigenvalue weighted by molar-refractivity contribution is 5.84. The van der Waals surface area contributed by atoms with Crippen molar-refractivity contribution in [3.63, 3.8) is 0 Å². The van der Waals surface area contributed by atoms with Crippen molar-refractivity contribution in [1.82, 2.24) is 0 Å². The lowest BCUT2D eigenvalue weighted by Crippen LogP contribution is -2.53. The summed E-state index contributed by atoms with van der Waals surface area (Å²) in [6.07, 6.45) is 11.9. The Balaban J connectivity index is 1.54. The van der Waals surface area contributed by atoms with E-state index in [0.29, 0.717) is 12.3 Å². The molecule has 106 valence electrons. The molecule has 0 radical (unpaired) electrons. The summed E-state index contributed by atoms with van der Waals surface area (Å²) < 4.78 is 2.06. The lowest BCUT2D eigenvalue weighted by Gasteiger charge is -2.55. The summed E-state index contributed by atoms with van der Waals surface area (Å²) in [4.78, 5) is 12.9. The summed E-state index contributed by atoms with van der Waals surface area (Å²) in [5.41, 5.74) is 1.30. The second kappa shape index (κ2) is 4.41. The predicted octanol–water partition coefficient (Wildman–Crippen LogP) is 3.07. The molecule has 4 aliphatic carbocycles. The van der Waals surface area contributed by atoms with Gasteiger partial charge in [0, 0.05) is 17.5 Å². The molecule has 4 bridgehead atoms. The smallest absolute Gasteiger partial charge is 0.207 e. The number of aryl methyl sites for hydroxylation is 1. The molecule has 0 amide bonds. The van der Waals surface area contributed by atoms with Crippen molar-refractivity contribution in [3.8, 4) is 0 Å². The average molecular weight is 270 g/mol. The van der Waals surface area contributed by atoms with Gasteiger partial charge in [0.15, 0.2) is 12.4 Å². The van der Waals surface area contributed by atoms with E-state index in [-0.39, 0.29) is 5.41 Å². The third-order valence-electron chi connectivity index (χ3n) is 6.01. The fourth-order valence-electron chi connectivity index (χ4n) is 5.42. The highest BCUT2D eigenvalue weighted by Crippen LogP contribution is 2.60. The van der Waals surface area contributed by atoms with Gasteiger partial charge in [-0.2, -0.15) is 4.57 Å². The minimum atomic E-state index is 0.0483. The van der Waals surface area contributed by atoms with Crippen LogP contribution in [0.3, 0.4) is 0 Å². The monoisotopic (exact) mass is 270 g/mol. The Morgan fingerprint density at radius 2 is 1.60 bits per heavy atom. The number of carbonyl (C=O) groups excluding carboxylic acids is 1. The number of carbonyl (C=O) groups is 1. The average Bonchev–Trinajstić information content (AvgIpc) is 2.40. The van der Waals surface area contributed by atoms with Crippen molar-refractivity contribution in [1.29, 1.82) is 0 Å². The molecule has 1 aromatic heterocycles. The van der Waals surface area contributed by atoms with Crippen molar-refractivity contribution in [2.45, 2.75) is 52.0 Å². The third kappa shape index (κ3) is 2.01. The SMILES string of the molecule is Cc1cc[n+](CC(=O)C23CC4CC(CC(C4)C2)C3)cc1. The molecular formula is C18H24NO+. The maximum atomic E-state index is 12.9. The molecule has 20 heavy (non-hydrogen) atoms. The summed E-state index contributed by atoms with van der Waals surface area (Å²) in [5.74, 6) is 3.07. The van der Waals surface area contributed by atoms with E-state index in [1.165, 1.54) is 44.1 Å². The summed E-state index contributed by atoms with van der Waals surface area (Å²) in [5, 5.41) is 0. The van der Waals surface area contributed by atoms with Crippen LogP contribution in [0.15, 0.2) is 24.5 Å². The minimum absolute atomic E-state index is 0.0483. The lowest BCUT2D eigenvalue weighted by molar-refractivity contribution is -0.685. The Labute approximate surface area is 121 Å². The number of pyridine rings is 1. The second-order valence-electron chi connectivity index (χ2n) is 7.67. The van der Waals surface area contributed by atoms with Gasteiger partial charge < -0.3 is 0 Å². The Kier molecular flexibility index (Phi) is 2.77. The first kappa shape index (κ1) is 12.6.